The maximum Gasteiger partial charge on any atom is 0.376 e. The topological polar surface area (TPSA) is 123 Å². The van der Waals surface area contributed by atoms with Gasteiger partial charge in [-0.1, -0.05) is 11.2 Å². The van der Waals surface area contributed by atoms with Gasteiger partial charge in [-0.2, -0.15) is 4.98 Å². The average Bonchev–Trinajstić information content (AvgIpc) is 3.06. The lowest BCUT2D eigenvalue weighted by atomic mass is 10.3. The quantitative estimate of drug-likeness (QED) is 0.479. The third-order valence-electron chi connectivity index (χ3n) is 4.47. The second-order valence-corrected chi connectivity index (χ2v) is 6.27. The Labute approximate surface area is 153 Å². The molecule has 11 heteroatoms. The number of nitro groups is 1. The van der Waals surface area contributed by atoms with Gasteiger partial charge < -0.3 is 9.42 Å². The highest BCUT2D eigenvalue weighted by Gasteiger charge is 2.30. The molecule has 0 aromatic carbocycles. The van der Waals surface area contributed by atoms with Crippen LogP contribution in [0.3, 0.4) is 0 Å². The molecule has 4 rings (SSSR count). The third kappa shape index (κ3) is 3.24. The minimum absolute atomic E-state index is 0.115. The van der Waals surface area contributed by atoms with E-state index in [1.54, 1.807) is 30.0 Å². The van der Waals surface area contributed by atoms with Gasteiger partial charge in [0.15, 0.2) is 5.82 Å². The van der Waals surface area contributed by atoms with Gasteiger partial charge >= 0.3 is 11.2 Å². The zero-order chi connectivity index (χ0) is 19.0. The number of nitrogens with zero attached hydrogens (tertiary/aromatic N) is 7. The Morgan fingerprint density at radius 3 is 2.67 bits per heavy atom. The van der Waals surface area contributed by atoms with Crippen LogP contribution in [0.15, 0.2) is 33.7 Å². The van der Waals surface area contributed by atoms with E-state index >= 15 is 0 Å². The van der Waals surface area contributed by atoms with Crippen LogP contribution in [-0.4, -0.2) is 55.5 Å². The second kappa shape index (κ2) is 6.76. The number of fused-ring (bicyclic) bond motifs is 1. The molecule has 0 radical (unpaired) electrons. The highest BCUT2D eigenvalue weighted by atomic mass is 16.6. The molecular formula is C16H17N7O4. The van der Waals surface area contributed by atoms with E-state index in [1.165, 1.54) is 10.6 Å². The van der Waals surface area contributed by atoms with Gasteiger partial charge in [-0.25, -0.2) is 4.98 Å². The van der Waals surface area contributed by atoms with E-state index in [1.807, 2.05) is 0 Å². The molecule has 4 heterocycles. The van der Waals surface area contributed by atoms with Crippen molar-refractivity contribution in [2.75, 3.05) is 31.1 Å². The summed E-state index contributed by atoms with van der Waals surface area (Å²) in [7, 11) is 0. The van der Waals surface area contributed by atoms with Crippen molar-refractivity contribution in [3.63, 3.8) is 0 Å². The van der Waals surface area contributed by atoms with Gasteiger partial charge in [0.05, 0.1) is 11.5 Å². The van der Waals surface area contributed by atoms with Crippen LogP contribution in [0.25, 0.3) is 5.65 Å². The number of piperazine rings is 1. The summed E-state index contributed by atoms with van der Waals surface area (Å²) >= 11 is 0. The molecule has 0 spiro atoms. The summed E-state index contributed by atoms with van der Waals surface area (Å²) in [5, 5.41) is 15.3. The zero-order valence-corrected chi connectivity index (χ0v) is 14.6. The van der Waals surface area contributed by atoms with Crippen LogP contribution < -0.4 is 10.5 Å². The van der Waals surface area contributed by atoms with Crippen LogP contribution in [0, 0.1) is 17.0 Å². The molecule has 3 aromatic rings. The Kier molecular flexibility index (Phi) is 4.28. The predicted molar refractivity (Wildman–Crippen MR) is 94.6 cm³/mol. The minimum Gasteiger partial charge on any atom is -0.348 e. The van der Waals surface area contributed by atoms with Crippen molar-refractivity contribution in [3.8, 4) is 0 Å². The lowest BCUT2D eigenvalue weighted by molar-refractivity contribution is -0.385. The van der Waals surface area contributed by atoms with E-state index in [0.717, 1.165) is 0 Å². The third-order valence-corrected chi connectivity index (χ3v) is 4.47. The monoisotopic (exact) mass is 371 g/mol. The van der Waals surface area contributed by atoms with E-state index in [9.17, 15) is 14.9 Å². The van der Waals surface area contributed by atoms with E-state index < -0.39 is 16.2 Å². The van der Waals surface area contributed by atoms with Crippen LogP contribution in [0.1, 0.15) is 11.7 Å². The van der Waals surface area contributed by atoms with Crippen molar-refractivity contribution in [2.45, 2.75) is 13.5 Å². The fourth-order valence-corrected chi connectivity index (χ4v) is 3.16. The fraction of sp³-hybridized carbons (Fsp3) is 0.375. The van der Waals surface area contributed by atoms with Crippen LogP contribution in [0.2, 0.25) is 0 Å². The standard InChI is InChI=1S/C16H17N7O4/c1-11-17-13(27-19-11)10-20-6-8-21(9-7-20)15-14(23(25)26)16(24)22-5-3-2-4-12(22)18-15/h2-5H,6-10H2,1H3. The normalized spacial score (nSPS) is 15.4. The fourth-order valence-electron chi connectivity index (χ4n) is 3.16. The number of aryl methyl sites for hydroxylation is 1. The SMILES string of the molecule is Cc1noc(CN2CCN(c3nc4ccccn4c(=O)c3[N+](=O)[O-])CC2)n1. The van der Waals surface area contributed by atoms with Crippen LogP contribution >= 0.6 is 0 Å². The van der Waals surface area contributed by atoms with E-state index in [4.69, 9.17) is 4.52 Å². The van der Waals surface area contributed by atoms with Crippen molar-refractivity contribution < 1.29 is 9.45 Å². The summed E-state index contributed by atoms with van der Waals surface area (Å²) in [4.78, 5) is 35.9. The van der Waals surface area contributed by atoms with Crippen molar-refractivity contribution in [3.05, 3.63) is 56.6 Å². The summed E-state index contributed by atoms with van der Waals surface area (Å²) < 4.78 is 6.32. The molecule has 0 unspecified atom stereocenters. The smallest absolute Gasteiger partial charge is 0.348 e. The van der Waals surface area contributed by atoms with Crippen molar-refractivity contribution in [1.29, 1.82) is 0 Å². The Bertz CT molecular complexity index is 1050. The molecule has 1 aliphatic rings. The summed E-state index contributed by atoms with van der Waals surface area (Å²) in [6.45, 7) is 4.55. The number of rotatable bonds is 4. The van der Waals surface area contributed by atoms with E-state index in [2.05, 4.69) is 20.0 Å². The zero-order valence-electron chi connectivity index (χ0n) is 14.6. The Hall–Kier alpha value is -3.34. The predicted octanol–water partition coefficient (Wildman–Crippen LogP) is 0.616. The number of aromatic nitrogens is 4. The van der Waals surface area contributed by atoms with Gasteiger partial charge in [0.1, 0.15) is 5.65 Å². The van der Waals surface area contributed by atoms with Crippen LogP contribution in [0.4, 0.5) is 11.5 Å². The van der Waals surface area contributed by atoms with Crippen molar-refractivity contribution >= 4 is 17.2 Å². The molecule has 0 amide bonds. The van der Waals surface area contributed by atoms with Gasteiger partial charge in [0.25, 0.3) is 0 Å². The summed E-state index contributed by atoms with van der Waals surface area (Å²) in [5.74, 6) is 1.23. The van der Waals surface area contributed by atoms with Gasteiger partial charge in [-0.05, 0) is 19.1 Å². The first-order valence-corrected chi connectivity index (χ1v) is 8.45. The van der Waals surface area contributed by atoms with Gasteiger partial charge in [-0.15, -0.1) is 0 Å². The van der Waals surface area contributed by atoms with Gasteiger partial charge in [0, 0.05) is 32.4 Å². The molecule has 1 aliphatic heterocycles. The molecule has 3 aromatic heterocycles. The first-order chi connectivity index (χ1) is 13.0. The second-order valence-electron chi connectivity index (χ2n) is 6.27. The molecule has 140 valence electrons. The number of anilines is 1. The lowest BCUT2D eigenvalue weighted by Crippen LogP contribution is -2.47. The van der Waals surface area contributed by atoms with E-state index in [-0.39, 0.29) is 5.82 Å². The first-order valence-electron chi connectivity index (χ1n) is 8.45. The van der Waals surface area contributed by atoms with Gasteiger partial charge in [0.2, 0.25) is 11.7 Å². The maximum atomic E-state index is 12.6. The molecule has 0 N–H and O–H groups in total. The Balaban J connectivity index is 1.59. The molecule has 0 saturated carbocycles. The highest BCUT2D eigenvalue weighted by molar-refractivity contribution is 5.61. The van der Waals surface area contributed by atoms with Crippen LogP contribution in [0.5, 0.6) is 0 Å². The van der Waals surface area contributed by atoms with Crippen molar-refractivity contribution in [1.82, 2.24) is 24.4 Å². The number of hydrogen-bond donors (Lipinski definition) is 0. The molecular weight excluding hydrogens is 354 g/mol. The largest absolute Gasteiger partial charge is 0.376 e. The molecule has 0 bridgehead atoms. The molecule has 1 saturated heterocycles. The summed E-state index contributed by atoms with van der Waals surface area (Å²) in [6.07, 6.45) is 1.48. The molecule has 0 aliphatic carbocycles. The highest BCUT2D eigenvalue weighted by Crippen LogP contribution is 2.24. The Morgan fingerprint density at radius 2 is 2.00 bits per heavy atom. The molecule has 27 heavy (non-hydrogen) atoms. The lowest BCUT2D eigenvalue weighted by Gasteiger charge is -2.34. The van der Waals surface area contributed by atoms with Crippen LogP contribution in [-0.2, 0) is 6.54 Å². The first kappa shape index (κ1) is 17.1. The van der Waals surface area contributed by atoms with Gasteiger partial charge in [-0.3, -0.25) is 24.2 Å². The summed E-state index contributed by atoms with van der Waals surface area (Å²) in [6, 6.07) is 5.03. The molecule has 1 fully saturated rings. The minimum atomic E-state index is -0.677. The average molecular weight is 371 g/mol. The maximum absolute atomic E-state index is 12.6. The molecule has 0 atom stereocenters. The molecule has 11 nitrogen and oxygen atoms in total. The number of hydrogen-bond acceptors (Lipinski definition) is 9. The van der Waals surface area contributed by atoms with E-state index in [0.29, 0.717) is 50.1 Å². The number of pyridine rings is 1. The summed E-state index contributed by atoms with van der Waals surface area (Å²) in [5.41, 5.74) is -0.795. The van der Waals surface area contributed by atoms with Crippen molar-refractivity contribution in [2.24, 2.45) is 0 Å². The Morgan fingerprint density at radius 1 is 1.22 bits per heavy atom.